The normalized spacial score (nSPS) is 20.0. The van der Waals surface area contributed by atoms with Gasteiger partial charge in [-0.2, -0.15) is 0 Å². The summed E-state index contributed by atoms with van der Waals surface area (Å²) in [7, 11) is 0. The Morgan fingerprint density at radius 2 is 2.05 bits per heavy atom. The number of nitrogens with one attached hydrogen (secondary N) is 2. The van der Waals surface area contributed by atoms with Gasteiger partial charge in [0.15, 0.2) is 0 Å². The SMILES string of the molecule is Cl.NC(=O)Nc1cccc(CNC(=O)C[C@@H]2CCC[C@H]2N)c1. The van der Waals surface area contributed by atoms with E-state index in [-0.39, 0.29) is 24.4 Å². The van der Waals surface area contributed by atoms with E-state index in [1.165, 1.54) is 0 Å². The summed E-state index contributed by atoms with van der Waals surface area (Å²) >= 11 is 0. The molecule has 1 aliphatic rings. The molecular weight excluding hydrogens is 304 g/mol. The van der Waals surface area contributed by atoms with Crippen molar-refractivity contribution in [2.75, 3.05) is 5.32 Å². The minimum Gasteiger partial charge on any atom is -0.352 e. The summed E-state index contributed by atoms with van der Waals surface area (Å²) in [6.07, 6.45) is 3.64. The lowest BCUT2D eigenvalue weighted by molar-refractivity contribution is -0.122. The van der Waals surface area contributed by atoms with E-state index < -0.39 is 6.03 Å². The molecule has 22 heavy (non-hydrogen) atoms. The maximum Gasteiger partial charge on any atom is 0.316 e. The van der Waals surface area contributed by atoms with E-state index in [1.807, 2.05) is 6.07 Å². The van der Waals surface area contributed by atoms with E-state index in [4.69, 9.17) is 11.5 Å². The van der Waals surface area contributed by atoms with E-state index in [0.717, 1.165) is 24.8 Å². The predicted octanol–water partition coefficient (Wildman–Crippen LogP) is 1.73. The number of hydrogen-bond donors (Lipinski definition) is 4. The van der Waals surface area contributed by atoms with Crippen molar-refractivity contribution >= 4 is 30.0 Å². The maximum absolute atomic E-state index is 11.9. The number of anilines is 1. The highest BCUT2D eigenvalue weighted by Gasteiger charge is 2.25. The molecule has 0 unspecified atom stereocenters. The summed E-state index contributed by atoms with van der Waals surface area (Å²) in [6.45, 7) is 0.426. The van der Waals surface area contributed by atoms with Crippen molar-refractivity contribution < 1.29 is 9.59 Å². The molecule has 122 valence electrons. The Morgan fingerprint density at radius 3 is 2.68 bits per heavy atom. The molecule has 2 atom stereocenters. The van der Waals surface area contributed by atoms with Gasteiger partial charge in [0.05, 0.1) is 0 Å². The first-order chi connectivity index (χ1) is 10.0. The van der Waals surface area contributed by atoms with Crippen LogP contribution in [-0.4, -0.2) is 18.0 Å². The molecule has 1 fully saturated rings. The Balaban J connectivity index is 0.00000242. The summed E-state index contributed by atoms with van der Waals surface area (Å²) in [5.41, 5.74) is 12.6. The lowest BCUT2D eigenvalue weighted by Gasteiger charge is -2.15. The van der Waals surface area contributed by atoms with Crippen LogP contribution in [0.3, 0.4) is 0 Å². The third-order valence-electron chi connectivity index (χ3n) is 3.85. The number of primary amides is 1. The van der Waals surface area contributed by atoms with Crippen LogP contribution < -0.4 is 22.1 Å². The smallest absolute Gasteiger partial charge is 0.316 e. The molecule has 6 N–H and O–H groups in total. The van der Waals surface area contributed by atoms with Gasteiger partial charge >= 0.3 is 6.03 Å². The van der Waals surface area contributed by atoms with E-state index in [9.17, 15) is 9.59 Å². The van der Waals surface area contributed by atoms with E-state index in [0.29, 0.717) is 24.6 Å². The van der Waals surface area contributed by atoms with Crippen LogP contribution in [-0.2, 0) is 11.3 Å². The fourth-order valence-corrected chi connectivity index (χ4v) is 2.73. The molecule has 6 nitrogen and oxygen atoms in total. The van der Waals surface area contributed by atoms with Gasteiger partial charge in [-0.3, -0.25) is 4.79 Å². The number of carbonyl (C=O) groups is 2. The summed E-state index contributed by atoms with van der Waals surface area (Å²) < 4.78 is 0. The Kier molecular flexibility index (Phi) is 7.14. The van der Waals surface area contributed by atoms with Gasteiger partial charge in [0.2, 0.25) is 5.91 Å². The quantitative estimate of drug-likeness (QED) is 0.661. The van der Waals surface area contributed by atoms with Crippen molar-refractivity contribution in [3.05, 3.63) is 29.8 Å². The molecule has 1 saturated carbocycles. The number of halogens is 1. The third-order valence-corrected chi connectivity index (χ3v) is 3.85. The van der Waals surface area contributed by atoms with Crippen LogP contribution in [0.4, 0.5) is 10.5 Å². The molecule has 0 saturated heterocycles. The minimum absolute atomic E-state index is 0. The number of urea groups is 1. The van der Waals surface area contributed by atoms with Crippen LogP contribution >= 0.6 is 12.4 Å². The van der Waals surface area contributed by atoms with Gasteiger partial charge in [-0.1, -0.05) is 18.6 Å². The molecule has 0 bridgehead atoms. The summed E-state index contributed by atoms with van der Waals surface area (Å²) in [5.74, 6) is 0.318. The van der Waals surface area contributed by atoms with Crippen LogP contribution in [0.2, 0.25) is 0 Å². The highest BCUT2D eigenvalue weighted by Crippen LogP contribution is 2.26. The van der Waals surface area contributed by atoms with Gasteiger partial charge in [0.1, 0.15) is 0 Å². The Morgan fingerprint density at radius 1 is 1.27 bits per heavy atom. The van der Waals surface area contributed by atoms with Crippen molar-refractivity contribution in [1.29, 1.82) is 0 Å². The average Bonchev–Trinajstić information content (AvgIpc) is 2.82. The highest BCUT2D eigenvalue weighted by atomic mass is 35.5. The van der Waals surface area contributed by atoms with Crippen LogP contribution in [0, 0.1) is 5.92 Å². The van der Waals surface area contributed by atoms with Crippen molar-refractivity contribution in [2.45, 2.75) is 38.3 Å². The molecule has 0 radical (unpaired) electrons. The highest BCUT2D eigenvalue weighted by molar-refractivity contribution is 5.87. The van der Waals surface area contributed by atoms with E-state index in [1.54, 1.807) is 18.2 Å². The fourth-order valence-electron chi connectivity index (χ4n) is 2.73. The fraction of sp³-hybridized carbons (Fsp3) is 0.467. The van der Waals surface area contributed by atoms with Gasteiger partial charge < -0.3 is 22.1 Å². The minimum atomic E-state index is -0.605. The van der Waals surface area contributed by atoms with Crippen molar-refractivity contribution in [1.82, 2.24) is 5.32 Å². The molecule has 7 heteroatoms. The molecule has 1 aromatic carbocycles. The van der Waals surface area contributed by atoms with Crippen LogP contribution in [0.1, 0.15) is 31.2 Å². The average molecular weight is 327 g/mol. The monoisotopic (exact) mass is 326 g/mol. The molecule has 3 amide bonds. The van der Waals surface area contributed by atoms with Crippen LogP contribution in [0.15, 0.2) is 24.3 Å². The Hall–Kier alpha value is -1.79. The summed E-state index contributed by atoms with van der Waals surface area (Å²) in [6, 6.07) is 6.76. The van der Waals surface area contributed by atoms with Gasteiger partial charge in [-0.15, -0.1) is 12.4 Å². The first-order valence-electron chi connectivity index (χ1n) is 7.22. The van der Waals surface area contributed by atoms with E-state index >= 15 is 0 Å². The number of benzene rings is 1. The Labute approximate surface area is 136 Å². The van der Waals surface area contributed by atoms with Gasteiger partial charge in [-0.25, -0.2) is 4.79 Å². The van der Waals surface area contributed by atoms with Crippen molar-refractivity contribution in [3.8, 4) is 0 Å². The van der Waals surface area contributed by atoms with Crippen LogP contribution in [0.5, 0.6) is 0 Å². The van der Waals surface area contributed by atoms with E-state index in [2.05, 4.69) is 10.6 Å². The zero-order valence-corrected chi connectivity index (χ0v) is 13.2. The molecule has 1 aromatic rings. The second-order valence-electron chi connectivity index (χ2n) is 5.53. The number of amides is 3. The molecule has 0 aliphatic heterocycles. The molecule has 0 aromatic heterocycles. The zero-order chi connectivity index (χ0) is 15.2. The lowest BCUT2D eigenvalue weighted by atomic mass is 10.00. The van der Waals surface area contributed by atoms with Gasteiger partial charge in [-0.05, 0) is 36.5 Å². The van der Waals surface area contributed by atoms with Gasteiger partial charge in [0, 0.05) is 24.7 Å². The standard InChI is InChI=1S/C15H22N4O2.ClH/c16-13-6-2-4-11(13)8-14(20)18-9-10-3-1-5-12(7-10)19-15(17)21;/h1,3,5,7,11,13H,2,4,6,8-9,16H2,(H,18,20)(H3,17,19,21);1H/t11-,13+;/m0./s1. The zero-order valence-electron chi connectivity index (χ0n) is 12.4. The Bertz CT molecular complexity index is 524. The summed E-state index contributed by atoms with van der Waals surface area (Å²) in [5, 5.41) is 5.40. The number of rotatable bonds is 5. The lowest BCUT2D eigenvalue weighted by Crippen LogP contribution is -2.31. The topological polar surface area (TPSA) is 110 Å². The molecule has 2 rings (SSSR count). The predicted molar refractivity (Wildman–Crippen MR) is 88.7 cm³/mol. The van der Waals surface area contributed by atoms with Crippen molar-refractivity contribution in [3.63, 3.8) is 0 Å². The largest absolute Gasteiger partial charge is 0.352 e. The summed E-state index contributed by atoms with van der Waals surface area (Å²) in [4.78, 5) is 22.7. The molecule has 1 aliphatic carbocycles. The third kappa shape index (κ3) is 5.54. The molecular formula is C15H23ClN4O2. The number of carbonyl (C=O) groups excluding carboxylic acids is 2. The number of hydrogen-bond acceptors (Lipinski definition) is 3. The van der Waals surface area contributed by atoms with Crippen molar-refractivity contribution in [2.24, 2.45) is 17.4 Å². The molecule has 0 spiro atoms. The molecule has 0 heterocycles. The second kappa shape index (κ2) is 8.60. The maximum atomic E-state index is 11.9. The second-order valence-corrected chi connectivity index (χ2v) is 5.53. The number of nitrogens with two attached hydrogens (primary N) is 2. The van der Waals surface area contributed by atoms with Crippen LogP contribution in [0.25, 0.3) is 0 Å². The first kappa shape index (κ1) is 18.3. The first-order valence-corrected chi connectivity index (χ1v) is 7.22. The van der Waals surface area contributed by atoms with Gasteiger partial charge in [0.25, 0.3) is 0 Å².